The van der Waals surface area contributed by atoms with Crippen LogP contribution in [0.15, 0.2) is 18.3 Å². The molecule has 21 heavy (non-hydrogen) atoms. The van der Waals surface area contributed by atoms with Crippen LogP contribution in [0.1, 0.15) is 25.6 Å². The normalized spacial score (nSPS) is 17.6. The molecule has 3 rings (SSSR count). The number of pyridine rings is 1. The van der Waals surface area contributed by atoms with Crippen LogP contribution < -0.4 is 0 Å². The van der Waals surface area contributed by atoms with Gasteiger partial charge < -0.3 is 9.47 Å². The van der Waals surface area contributed by atoms with Crippen LogP contribution in [0.3, 0.4) is 0 Å². The molecule has 3 heterocycles. The first kappa shape index (κ1) is 14.8. The minimum atomic E-state index is 0.594. The number of nitrogens with zero attached hydrogens (tertiary/aromatic N) is 4. The van der Waals surface area contributed by atoms with Gasteiger partial charge in [0.25, 0.3) is 0 Å². The van der Waals surface area contributed by atoms with Crippen LogP contribution in [0.25, 0.3) is 11.2 Å². The maximum absolute atomic E-state index is 5.93. The summed E-state index contributed by atoms with van der Waals surface area (Å²) in [5, 5.41) is 0. The van der Waals surface area contributed by atoms with Gasteiger partial charge in [0, 0.05) is 31.6 Å². The lowest BCUT2D eigenvalue weighted by Crippen LogP contribution is -2.28. The second kappa shape index (κ2) is 6.75. The molecular formula is C16H23ClN4. The Hall–Kier alpha value is -1.13. The lowest BCUT2D eigenvalue weighted by molar-refractivity contribution is 0.271. The van der Waals surface area contributed by atoms with Crippen LogP contribution in [0.2, 0.25) is 0 Å². The molecule has 0 amide bonds. The SMILES string of the molecule is CC(CN1CCCC1)Cn1c(CCCl)nc2cccnc21. The zero-order valence-electron chi connectivity index (χ0n) is 12.6. The monoisotopic (exact) mass is 306 g/mol. The van der Waals surface area contributed by atoms with Crippen molar-refractivity contribution in [3.8, 4) is 0 Å². The first-order chi connectivity index (χ1) is 10.3. The summed E-state index contributed by atoms with van der Waals surface area (Å²) in [6, 6.07) is 3.97. The van der Waals surface area contributed by atoms with Gasteiger partial charge in [0.05, 0.1) is 0 Å². The molecule has 1 aliphatic rings. The van der Waals surface area contributed by atoms with E-state index >= 15 is 0 Å². The number of hydrogen-bond donors (Lipinski definition) is 0. The third kappa shape index (κ3) is 3.38. The summed E-state index contributed by atoms with van der Waals surface area (Å²) in [7, 11) is 0. The van der Waals surface area contributed by atoms with Gasteiger partial charge >= 0.3 is 0 Å². The fraction of sp³-hybridized carbons (Fsp3) is 0.625. The summed E-state index contributed by atoms with van der Waals surface area (Å²) in [6.07, 6.45) is 5.34. The molecule has 1 saturated heterocycles. The largest absolute Gasteiger partial charge is 0.312 e. The topological polar surface area (TPSA) is 34.0 Å². The Morgan fingerprint density at radius 3 is 2.86 bits per heavy atom. The van der Waals surface area contributed by atoms with Crippen LogP contribution in [0.5, 0.6) is 0 Å². The Kier molecular flexibility index (Phi) is 4.76. The number of rotatable bonds is 6. The number of likely N-dealkylation sites (tertiary alicyclic amines) is 1. The molecule has 0 spiro atoms. The molecule has 0 N–H and O–H groups in total. The Morgan fingerprint density at radius 2 is 2.10 bits per heavy atom. The van der Waals surface area contributed by atoms with E-state index in [1.165, 1.54) is 25.9 Å². The summed E-state index contributed by atoms with van der Waals surface area (Å²) < 4.78 is 2.26. The van der Waals surface area contributed by atoms with E-state index in [0.717, 1.165) is 36.5 Å². The zero-order chi connectivity index (χ0) is 14.7. The first-order valence-corrected chi connectivity index (χ1v) is 8.40. The molecule has 2 aromatic rings. The molecule has 1 atom stereocenters. The van der Waals surface area contributed by atoms with Crippen molar-refractivity contribution in [2.45, 2.75) is 32.7 Å². The third-order valence-electron chi connectivity index (χ3n) is 4.16. The fourth-order valence-corrected chi connectivity index (χ4v) is 3.42. The lowest BCUT2D eigenvalue weighted by Gasteiger charge is -2.21. The highest BCUT2D eigenvalue weighted by atomic mass is 35.5. The molecule has 1 aliphatic heterocycles. The maximum Gasteiger partial charge on any atom is 0.159 e. The van der Waals surface area contributed by atoms with Crippen molar-refractivity contribution in [3.63, 3.8) is 0 Å². The van der Waals surface area contributed by atoms with Crippen molar-refractivity contribution in [1.29, 1.82) is 0 Å². The van der Waals surface area contributed by atoms with Crippen LogP contribution in [0, 0.1) is 5.92 Å². The average Bonchev–Trinajstić information content (AvgIpc) is 3.08. The van der Waals surface area contributed by atoms with Gasteiger partial charge in [0.2, 0.25) is 0 Å². The molecule has 5 heteroatoms. The molecule has 0 aromatic carbocycles. The number of hydrogen-bond acceptors (Lipinski definition) is 3. The second-order valence-electron chi connectivity index (χ2n) is 6.04. The van der Waals surface area contributed by atoms with Crippen molar-refractivity contribution >= 4 is 22.8 Å². The van der Waals surface area contributed by atoms with E-state index < -0.39 is 0 Å². The predicted octanol–water partition coefficient (Wildman–Crippen LogP) is 2.94. The zero-order valence-corrected chi connectivity index (χ0v) is 13.4. The number of fused-ring (bicyclic) bond motifs is 1. The van der Waals surface area contributed by atoms with Gasteiger partial charge in [0.15, 0.2) is 5.65 Å². The van der Waals surface area contributed by atoms with Crippen LogP contribution in [0.4, 0.5) is 0 Å². The Bertz CT molecular complexity index is 589. The number of halogens is 1. The Balaban J connectivity index is 1.78. The third-order valence-corrected chi connectivity index (χ3v) is 4.35. The van der Waals surface area contributed by atoms with Gasteiger partial charge in [0.1, 0.15) is 11.3 Å². The molecule has 114 valence electrons. The van der Waals surface area contributed by atoms with Crippen molar-refractivity contribution in [1.82, 2.24) is 19.4 Å². The van der Waals surface area contributed by atoms with Crippen molar-refractivity contribution in [3.05, 3.63) is 24.2 Å². The van der Waals surface area contributed by atoms with Gasteiger partial charge in [-0.15, -0.1) is 11.6 Å². The summed E-state index contributed by atoms with van der Waals surface area (Å²) >= 11 is 5.93. The standard InChI is InChI=1S/C16H23ClN4/c1-13(11-20-9-2-3-10-20)12-21-15(6-7-17)19-14-5-4-8-18-16(14)21/h4-5,8,13H,2-3,6-7,9-12H2,1H3. The summed E-state index contributed by atoms with van der Waals surface area (Å²) in [5.74, 6) is 2.26. The molecule has 2 aromatic heterocycles. The average molecular weight is 307 g/mol. The molecule has 0 saturated carbocycles. The van der Waals surface area contributed by atoms with E-state index in [2.05, 4.69) is 26.4 Å². The highest BCUT2D eigenvalue weighted by Crippen LogP contribution is 2.18. The number of aromatic nitrogens is 3. The van der Waals surface area contributed by atoms with Crippen molar-refractivity contribution < 1.29 is 0 Å². The molecule has 1 unspecified atom stereocenters. The van der Waals surface area contributed by atoms with E-state index in [0.29, 0.717) is 11.8 Å². The summed E-state index contributed by atoms with van der Waals surface area (Å²) in [6.45, 7) is 6.95. The first-order valence-electron chi connectivity index (χ1n) is 7.86. The number of aryl methyl sites for hydroxylation is 1. The minimum absolute atomic E-state index is 0.594. The highest BCUT2D eigenvalue weighted by Gasteiger charge is 2.18. The number of alkyl halides is 1. The number of imidazole rings is 1. The van der Waals surface area contributed by atoms with E-state index in [-0.39, 0.29) is 0 Å². The molecule has 0 bridgehead atoms. The van der Waals surface area contributed by atoms with Gasteiger partial charge in [-0.25, -0.2) is 9.97 Å². The minimum Gasteiger partial charge on any atom is -0.312 e. The molecule has 0 aliphatic carbocycles. The highest BCUT2D eigenvalue weighted by molar-refractivity contribution is 6.17. The van der Waals surface area contributed by atoms with Crippen molar-refractivity contribution in [2.24, 2.45) is 5.92 Å². The van der Waals surface area contributed by atoms with Crippen LogP contribution in [-0.4, -0.2) is 44.9 Å². The van der Waals surface area contributed by atoms with Gasteiger partial charge in [-0.1, -0.05) is 6.92 Å². The summed E-state index contributed by atoms with van der Waals surface area (Å²) in [4.78, 5) is 11.8. The van der Waals surface area contributed by atoms with E-state index in [9.17, 15) is 0 Å². The lowest BCUT2D eigenvalue weighted by atomic mass is 10.1. The van der Waals surface area contributed by atoms with E-state index in [1.807, 2.05) is 18.3 Å². The van der Waals surface area contributed by atoms with Gasteiger partial charge in [-0.3, -0.25) is 0 Å². The maximum atomic E-state index is 5.93. The van der Waals surface area contributed by atoms with E-state index in [4.69, 9.17) is 11.6 Å². The predicted molar refractivity (Wildman–Crippen MR) is 86.8 cm³/mol. The Morgan fingerprint density at radius 1 is 1.29 bits per heavy atom. The molecule has 1 fully saturated rings. The second-order valence-corrected chi connectivity index (χ2v) is 6.41. The smallest absolute Gasteiger partial charge is 0.159 e. The van der Waals surface area contributed by atoms with Gasteiger partial charge in [-0.2, -0.15) is 0 Å². The van der Waals surface area contributed by atoms with Gasteiger partial charge in [-0.05, 0) is 44.0 Å². The molecule has 0 radical (unpaired) electrons. The van der Waals surface area contributed by atoms with Crippen LogP contribution in [-0.2, 0) is 13.0 Å². The molecule has 4 nitrogen and oxygen atoms in total. The van der Waals surface area contributed by atoms with Crippen LogP contribution >= 0.6 is 11.6 Å². The van der Waals surface area contributed by atoms with E-state index in [1.54, 1.807) is 0 Å². The summed E-state index contributed by atoms with van der Waals surface area (Å²) in [5.41, 5.74) is 1.97. The van der Waals surface area contributed by atoms with Crippen molar-refractivity contribution in [2.75, 3.05) is 25.5 Å². The Labute approximate surface area is 131 Å². The fourth-order valence-electron chi connectivity index (χ4n) is 3.25. The molecular weight excluding hydrogens is 284 g/mol. The quantitative estimate of drug-likeness (QED) is 0.770.